The van der Waals surface area contributed by atoms with Gasteiger partial charge in [-0.3, -0.25) is 0 Å². The highest BCUT2D eigenvalue weighted by molar-refractivity contribution is 9.10. The van der Waals surface area contributed by atoms with E-state index in [-0.39, 0.29) is 5.54 Å². The summed E-state index contributed by atoms with van der Waals surface area (Å²) in [5.74, 6) is 0.897. The van der Waals surface area contributed by atoms with E-state index in [9.17, 15) is 0 Å². The third-order valence-electron chi connectivity index (χ3n) is 3.19. The van der Waals surface area contributed by atoms with Gasteiger partial charge in [-0.15, -0.1) is 0 Å². The van der Waals surface area contributed by atoms with Gasteiger partial charge in [-0.1, -0.05) is 30.9 Å². The maximum atomic E-state index is 5.87. The Hall–Kier alpha value is -0.280. The van der Waals surface area contributed by atoms with E-state index in [1.165, 1.54) is 32.1 Å². The Morgan fingerprint density at radius 2 is 2.06 bits per heavy atom. The molecule has 4 heteroatoms. The molecule has 16 heavy (non-hydrogen) atoms. The molecule has 0 saturated heterocycles. The predicted molar refractivity (Wildman–Crippen MR) is 72.1 cm³/mol. The summed E-state index contributed by atoms with van der Waals surface area (Å²) in [6.07, 6.45) is 8.06. The highest BCUT2D eigenvalue weighted by Crippen LogP contribution is 2.33. The van der Waals surface area contributed by atoms with E-state index >= 15 is 0 Å². The summed E-state index contributed by atoms with van der Waals surface area (Å²) < 4.78 is 0.937. The molecule has 0 radical (unpaired) electrons. The molecule has 0 atom stereocenters. The van der Waals surface area contributed by atoms with Gasteiger partial charge in [0.15, 0.2) is 0 Å². The van der Waals surface area contributed by atoms with Crippen LogP contribution in [0, 0.1) is 0 Å². The lowest BCUT2D eigenvalue weighted by molar-refractivity contribution is 0.348. The molecule has 1 saturated carbocycles. The molecule has 2 rings (SSSR count). The number of pyridine rings is 1. The number of hydrogen-bond acceptors (Lipinski definition) is 2. The monoisotopic (exact) mass is 302 g/mol. The van der Waals surface area contributed by atoms with E-state index in [2.05, 4.69) is 33.2 Å². The number of nitrogens with zero attached hydrogens (tertiary/aromatic N) is 1. The summed E-state index contributed by atoms with van der Waals surface area (Å²) in [6, 6.07) is 1.88. The standard InChI is InChI=1S/C12H16BrClN2/c1-12(5-3-2-4-6-12)16-11-10(13)7-9(14)8-15-11/h7-8H,2-6H2,1H3,(H,15,16). The molecule has 0 aliphatic heterocycles. The zero-order chi connectivity index (χ0) is 11.6. The summed E-state index contributed by atoms with van der Waals surface area (Å²) >= 11 is 9.36. The van der Waals surface area contributed by atoms with Crippen molar-refractivity contribution in [3.8, 4) is 0 Å². The first-order chi connectivity index (χ1) is 7.59. The van der Waals surface area contributed by atoms with E-state index in [1.807, 2.05) is 6.07 Å². The molecule has 0 aromatic carbocycles. The Kier molecular flexibility index (Phi) is 3.75. The molecular weight excluding hydrogens is 288 g/mol. The van der Waals surface area contributed by atoms with Crippen molar-refractivity contribution in [2.45, 2.75) is 44.6 Å². The minimum absolute atomic E-state index is 0.182. The van der Waals surface area contributed by atoms with Crippen molar-refractivity contribution < 1.29 is 0 Å². The third-order valence-corrected chi connectivity index (χ3v) is 4.00. The smallest absolute Gasteiger partial charge is 0.140 e. The minimum atomic E-state index is 0.182. The summed E-state index contributed by atoms with van der Waals surface area (Å²) in [7, 11) is 0. The predicted octanol–water partition coefficient (Wildman–Crippen LogP) is 4.63. The summed E-state index contributed by atoms with van der Waals surface area (Å²) in [6.45, 7) is 2.27. The van der Waals surface area contributed by atoms with E-state index < -0.39 is 0 Å². The lowest BCUT2D eigenvalue weighted by atomic mass is 9.83. The van der Waals surface area contributed by atoms with Crippen LogP contribution in [0.4, 0.5) is 5.82 Å². The fourth-order valence-corrected chi connectivity index (χ4v) is 2.99. The van der Waals surface area contributed by atoms with Gasteiger partial charge in [-0.2, -0.15) is 0 Å². The molecule has 1 aromatic rings. The van der Waals surface area contributed by atoms with Crippen molar-refractivity contribution >= 4 is 33.3 Å². The lowest BCUT2D eigenvalue weighted by Gasteiger charge is -2.35. The first kappa shape index (κ1) is 12.2. The van der Waals surface area contributed by atoms with Crippen molar-refractivity contribution in [3.63, 3.8) is 0 Å². The van der Waals surface area contributed by atoms with Crippen LogP contribution in [0.1, 0.15) is 39.0 Å². The fraction of sp³-hybridized carbons (Fsp3) is 0.583. The van der Waals surface area contributed by atoms with Crippen molar-refractivity contribution in [1.82, 2.24) is 4.98 Å². The van der Waals surface area contributed by atoms with Gasteiger partial charge >= 0.3 is 0 Å². The minimum Gasteiger partial charge on any atom is -0.364 e. The molecule has 1 N–H and O–H groups in total. The van der Waals surface area contributed by atoms with Gasteiger partial charge in [-0.25, -0.2) is 4.98 Å². The Labute approximate surface area is 110 Å². The average molecular weight is 304 g/mol. The van der Waals surface area contributed by atoms with E-state index in [0.29, 0.717) is 5.02 Å². The average Bonchev–Trinajstić information content (AvgIpc) is 2.23. The Bertz CT molecular complexity index is 375. The molecule has 1 aromatic heterocycles. The summed E-state index contributed by atoms with van der Waals surface area (Å²) in [5.41, 5.74) is 0.182. The van der Waals surface area contributed by atoms with Crippen molar-refractivity contribution in [3.05, 3.63) is 21.8 Å². The van der Waals surface area contributed by atoms with Crippen LogP contribution in [0.25, 0.3) is 0 Å². The second-order valence-electron chi connectivity index (χ2n) is 4.73. The zero-order valence-corrected chi connectivity index (χ0v) is 11.7. The van der Waals surface area contributed by atoms with Crippen molar-refractivity contribution in [1.29, 1.82) is 0 Å². The van der Waals surface area contributed by atoms with Crippen LogP contribution in [0.3, 0.4) is 0 Å². The highest BCUT2D eigenvalue weighted by Gasteiger charge is 2.27. The SMILES string of the molecule is CC1(Nc2ncc(Cl)cc2Br)CCCCC1. The van der Waals surface area contributed by atoms with E-state index in [1.54, 1.807) is 6.20 Å². The summed E-state index contributed by atoms with van der Waals surface area (Å²) in [5, 5.41) is 4.19. The maximum Gasteiger partial charge on any atom is 0.140 e. The van der Waals surface area contributed by atoms with Crippen LogP contribution in [-0.4, -0.2) is 10.5 Å². The molecule has 1 fully saturated rings. The quantitative estimate of drug-likeness (QED) is 0.861. The lowest BCUT2D eigenvalue weighted by Crippen LogP contribution is -2.37. The zero-order valence-electron chi connectivity index (χ0n) is 9.39. The summed E-state index contributed by atoms with van der Waals surface area (Å²) in [4.78, 5) is 4.33. The van der Waals surface area contributed by atoms with E-state index in [4.69, 9.17) is 11.6 Å². The van der Waals surface area contributed by atoms with Gasteiger partial charge < -0.3 is 5.32 Å². The molecule has 0 unspecified atom stereocenters. The number of aromatic nitrogens is 1. The number of anilines is 1. The highest BCUT2D eigenvalue weighted by atomic mass is 79.9. The molecule has 0 amide bonds. The van der Waals surface area contributed by atoms with Crippen molar-refractivity contribution in [2.75, 3.05) is 5.32 Å². The molecule has 2 nitrogen and oxygen atoms in total. The first-order valence-electron chi connectivity index (χ1n) is 5.68. The third kappa shape index (κ3) is 2.89. The molecule has 88 valence electrons. The topological polar surface area (TPSA) is 24.9 Å². The van der Waals surface area contributed by atoms with Gasteiger partial charge in [0.1, 0.15) is 5.82 Å². The molecular formula is C12H16BrClN2. The van der Waals surface area contributed by atoms with Gasteiger partial charge in [-0.05, 0) is 41.8 Å². The van der Waals surface area contributed by atoms with Crippen LogP contribution in [0.15, 0.2) is 16.7 Å². The van der Waals surface area contributed by atoms with Crippen LogP contribution in [-0.2, 0) is 0 Å². The molecule has 1 aliphatic rings. The number of hydrogen-bond donors (Lipinski definition) is 1. The molecule has 1 aliphatic carbocycles. The van der Waals surface area contributed by atoms with Crippen molar-refractivity contribution in [2.24, 2.45) is 0 Å². The first-order valence-corrected chi connectivity index (χ1v) is 6.85. The number of nitrogens with one attached hydrogen (secondary N) is 1. The second-order valence-corrected chi connectivity index (χ2v) is 6.02. The Morgan fingerprint density at radius 1 is 1.38 bits per heavy atom. The van der Waals surface area contributed by atoms with E-state index in [0.717, 1.165) is 10.3 Å². The van der Waals surface area contributed by atoms with Gasteiger partial charge in [0.2, 0.25) is 0 Å². The fourth-order valence-electron chi connectivity index (χ4n) is 2.25. The second kappa shape index (κ2) is 4.92. The van der Waals surface area contributed by atoms with Gasteiger partial charge in [0.25, 0.3) is 0 Å². The molecule has 0 spiro atoms. The Balaban J connectivity index is 2.13. The van der Waals surface area contributed by atoms with Gasteiger partial charge in [0.05, 0.1) is 9.50 Å². The van der Waals surface area contributed by atoms with Gasteiger partial charge in [0, 0.05) is 11.7 Å². The van der Waals surface area contributed by atoms with Crippen LogP contribution >= 0.6 is 27.5 Å². The molecule has 1 heterocycles. The Morgan fingerprint density at radius 3 is 2.69 bits per heavy atom. The normalized spacial score (nSPS) is 19.4. The van der Waals surface area contributed by atoms with Crippen LogP contribution in [0.5, 0.6) is 0 Å². The number of halogens is 2. The largest absolute Gasteiger partial charge is 0.364 e. The molecule has 0 bridgehead atoms. The van der Waals surface area contributed by atoms with Crippen LogP contribution in [0.2, 0.25) is 5.02 Å². The number of rotatable bonds is 2. The van der Waals surface area contributed by atoms with Crippen LogP contribution < -0.4 is 5.32 Å². The maximum absolute atomic E-state index is 5.87.